The Bertz CT molecular complexity index is 373. The number of hydrogen-bond donors (Lipinski definition) is 1. The first-order valence-electron chi connectivity index (χ1n) is 6.65. The van der Waals surface area contributed by atoms with Crippen molar-refractivity contribution in [3.63, 3.8) is 0 Å². The summed E-state index contributed by atoms with van der Waals surface area (Å²) >= 11 is 2.01. The Labute approximate surface area is 114 Å². The van der Waals surface area contributed by atoms with E-state index in [0.29, 0.717) is 10.8 Å². The highest BCUT2D eigenvalue weighted by Crippen LogP contribution is 2.46. The second-order valence-electron chi connectivity index (χ2n) is 5.00. The van der Waals surface area contributed by atoms with Crippen molar-refractivity contribution in [2.24, 2.45) is 0 Å². The molecule has 100 valence electrons. The summed E-state index contributed by atoms with van der Waals surface area (Å²) in [5.41, 5.74) is 1.36. The van der Waals surface area contributed by atoms with Crippen LogP contribution in [0.2, 0.25) is 0 Å². The number of methoxy groups -OCH3 is 1. The van der Waals surface area contributed by atoms with Crippen molar-refractivity contribution in [1.29, 1.82) is 0 Å². The van der Waals surface area contributed by atoms with Crippen LogP contribution in [0.15, 0.2) is 24.3 Å². The van der Waals surface area contributed by atoms with Crippen LogP contribution in [0.1, 0.15) is 37.8 Å². The maximum absolute atomic E-state index is 5.20. The zero-order valence-electron chi connectivity index (χ0n) is 11.5. The second kappa shape index (κ2) is 5.98. The summed E-state index contributed by atoms with van der Waals surface area (Å²) in [4.78, 5) is 0. The standard InChI is InChI=1S/C15H23NOS/c1-4-14(16-11-15(18-3)9-10-15)12-5-7-13(17-2)8-6-12/h5-8,14,16H,4,9-11H2,1-3H3. The summed E-state index contributed by atoms with van der Waals surface area (Å²) in [5.74, 6) is 0.927. The van der Waals surface area contributed by atoms with Crippen LogP contribution in [0.25, 0.3) is 0 Å². The van der Waals surface area contributed by atoms with Gasteiger partial charge in [-0.2, -0.15) is 11.8 Å². The van der Waals surface area contributed by atoms with Gasteiger partial charge in [0.05, 0.1) is 7.11 Å². The van der Waals surface area contributed by atoms with Crippen LogP contribution in [0.5, 0.6) is 5.75 Å². The second-order valence-corrected chi connectivity index (χ2v) is 6.28. The van der Waals surface area contributed by atoms with Gasteiger partial charge in [-0.15, -0.1) is 0 Å². The summed E-state index contributed by atoms with van der Waals surface area (Å²) in [6.07, 6.45) is 6.07. The molecule has 1 atom stereocenters. The van der Waals surface area contributed by atoms with E-state index in [9.17, 15) is 0 Å². The summed E-state index contributed by atoms with van der Waals surface area (Å²) in [7, 11) is 1.71. The smallest absolute Gasteiger partial charge is 0.118 e. The van der Waals surface area contributed by atoms with Gasteiger partial charge >= 0.3 is 0 Å². The average molecular weight is 265 g/mol. The minimum Gasteiger partial charge on any atom is -0.497 e. The molecule has 0 heterocycles. The van der Waals surface area contributed by atoms with E-state index in [1.165, 1.54) is 18.4 Å². The molecule has 0 aliphatic heterocycles. The van der Waals surface area contributed by atoms with Gasteiger partial charge < -0.3 is 10.1 Å². The monoisotopic (exact) mass is 265 g/mol. The SMILES string of the molecule is CCC(NCC1(SC)CC1)c1ccc(OC)cc1. The van der Waals surface area contributed by atoms with Crippen LogP contribution in [0.4, 0.5) is 0 Å². The van der Waals surface area contributed by atoms with E-state index in [1.807, 2.05) is 23.9 Å². The zero-order chi connectivity index (χ0) is 13.0. The van der Waals surface area contributed by atoms with Gasteiger partial charge in [-0.25, -0.2) is 0 Å². The highest BCUT2D eigenvalue weighted by molar-refractivity contribution is 8.00. The molecular weight excluding hydrogens is 242 g/mol. The molecule has 3 heteroatoms. The summed E-state index contributed by atoms with van der Waals surface area (Å²) in [6.45, 7) is 3.36. The minimum absolute atomic E-state index is 0.459. The van der Waals surface area contributed by atoms with Gasteiger partial charge in [0.2, 0.25) is 0 Å². The maximum Gasteiger partial charge on any atom is 0.118 e. The first kappa shape index (κ1) is 13.8. The van der Waals surface area contributed by atoms with Crippen molar-refractivity contribution in [3.05, 3.63) is 29.8 Å². The lowest BCUT2D eigenvalue weighted by Gasteiger charge is -2.21. The Hall–Kier alpha value is -0.670. The maximum atomic E-state index is 5.20. The molecule has 0 aromatic heterocycles. The van der Waals surface area contributed by atoms with Crippen LogP contribution in [0, 0.1) is 0 Å². The predicted molar refractivity (Wildman–Crippen MR) is 79.5 cm³/mol. The zero-order valence-corrected chi connectivity index (χ0v) is 12.3. The molecule has 1 saturated carbocycles. The largest absolute Gasteiger partial charge is 0.497 e. The molecule has 1 N–H and O–H groups in total. The molecule has 1 aromatic carbocycles. The number of hydrogen-bond acceptors (Lipinski definition) is 3. The number of rotatable bonds is 7. The van der Waals surface area contributed by atoms with E-state index in [-0.39, 0.29) is 0 Å². The Morgan fingerprint density at radius 2 is 2.00 bits per heavy atom. The quantitative estimate of drug-likeness (QED) is 0.813. The Morgan fingerprint density at radius 3 is 2.44 bits per heavy atom. The molecule has 18 heavy (non-hydrogen) atoms. The van der Waals surface area contributed by atoms with Gasteiger partial charge in [0, 0.05) is 17.3 Å². The van der Waals surface area contributed by atoms with Crippen molar-refractivity contribution in [3.8, 4) is 5.75 Å². The van der Waals surface area contributed by atoms with Crippen LogP contribution in [-0.4, -0.2) is 24.7 Å². The normalized spacial score (nSPS) is 18.4. The van der Waals surface area contributed by atoms with E-state index < -0.39 is 0 Å². The Kier molecular flexibility index (Phi) is 4.57. The van der Waals surface area contributed by atoms with E-state index in [2.05, 4.69) is 30.6 Å². The summed E-state index contributed by atoms with van der Waals surface area (Å²) in [5, 5.41) is 3.72. The first-order valence-corrected chi connectivity index (χ1v) is 7.88. The van der Waals surface area contributed by atoms with E-state index >= 15 is 0 Å². The van der Waals surface area contributed by atoms with Crippen LogP contribution < -0.4 is 10.1 Å². The van der Waals surface area contributed by atoms with Gasteiger partial charge in [0.25, 0.3) is 0 Å². The highest BCUT2D eigenvalue weighted by atomic mass is 32.2. The number of thioether (sulfide) groups is 1. The molecule has 2 rings (SSSR count). The predicted octanol–water partition coefficient (Wildman–Crippen LogP) is 3.63. The number of benzene rings is 1. The molecule has 0 amide bonds. The molecule has 1 aliphatic carbocycles. The minimum atomic E-state index is 0.459. The lowest BCUT2D eigenvalue weighted by molar-refractivity contribution is 0.414. The fourth-order valence-corrected chi connectivity index (χ4v) is 2.97. The van der Waals surface area contributed by atoms with Crippen molar-refractivity contribution < 1.29 is 4.74 Å². The molecule has 1 unspecified atom stereocenters. The number of ether oxygens (including phenoxy) is 1. The molecule has 0 saturated heterocycles. The third-order valence-electron chi connectivity index (χ3n) is 3.84. The topological polar surface area (TPSA) is 21.3 Å². The molecule has 1 aromatic rings. The Balaban J connectivity index is 1.94. The van der Waals surface area contributed by atoms with E-state index in [1.54, 1.807) is 7.11 Å². The molecule has 0 spiro atoms. The highest BCUT2D eigenvalue weighted by Gasteiger charge is 2.41. The third kappa shape index (κ3) is 3.21. The lowest BCUT2D eigenvalue weighted by atomic mass is 10.0. The van der Waals surface area contributed by atoms with Crippen LogP contribution >= 0.6 is 11.8 Å². The van der Waals surface area contributed by atoms with Gasteiger partial charge in [0.1, 0.15) is 5.75 Å². The van der Waals surface area contributed by atoms with Gasteiger partial charge in [0.15, 0.2) is 0 Å². The lowest BCUT2D eigenvalue weighted by Crippen LogP contribution is -2.29. The summed E-state index contributed by atoms with van der Waals surface area (Å²) in [6, 6.07) is 8.88. The fourth-order valence-electron chi connectivity index (χ4n) is 2.24. The van der Waals surface area contributed by atoms with Crippen LogP contribution in [-0.2, 0) is 0 Å². The number of nitrogens with one attached hydrogen (secondary N) is 1. The molecule has 1 fully saturated rings. The van der Waals surface area contributed by atoms with Crippen molar-refractivity contribution >= 4 is 11.8 Å². The molecule has 0 radical (unpaired) electrons. The average Bonchev–Trinajstić information content (AvgIpc) is 3.21. The summed E-state index contributed by atoms with van der Waals surface area (Å²) < 4.78 is 5.73. The van der Waals surface area contributed by atoms with E-state index in [4.69, 9.17) is 4.74 Å². The molecule has 2 nitrogen and oxygen atoms in total. The van der Waals surface area contributed by atoms with Crippen molar-refractivity contribution in [2.75, 3.05) is 19.9 Å². The molecule has 1 aliphatic rings. The van der Waals surface area contributed by atoms with Gasteiger partial charge in [-0.1, -0.05) is 19.1 Å². The first-order chi connectivity index (χ1) is 8.73. The van der Waals surface area contributed by atoms with Gasteiger partial charge in [-0.3, -0.25) is 0 Å². The Morgan fingerprint density at radius 1 is 1.33 bits per heavy atom. The fraction of sp³-hybridized carbons (Fsp3) is 0.600. The van der Waals surface area contributed by atoms with E-state index in [0.717, 1.165) is 18.7 Å². The van der Waals surface area contributed by atoms with Gasteiger partial charge in [-0.05, 0) is 43.2 Å². The molecular formula is C15H23NOS. The van der Waals surface area contributed by atoms with Crippen molar-refractivity contribution in [2.45, 2.75) is 37.0 Å². The van der Waals surface area contributed by atoms with Crippen LogP contribution in [0.3, 0.4) is 0 Å². The van der Waals surface area contributed by atoms with Crippen molar-refractivity contribution in [1.82, 2.24) is 5.32 Å². The molecule has 0 bridgehead atoms. The third-order valence-corrected chi connectivity index (χ3v) is 5.26.